The van der Waals surface area contributed by atoms with Crippen LogP contribution in [-0.4, -0.2) is 91.5 Å². The second-order valence-electron chi connectivity index (χ2n) is 10.4. The molecule has 0 spiro atoms. The Kier molecular flexibility index (Phi) is 14.1. The van der Waals surface area contributed by atoms with Gasteiger partial charge in [0, 0.05) is 63.0 Å². The highest BCUT2D eigenvalue weighted by Gasteiger charge is 2.54. The normalized spacial score (nSPS) is 13.4. The van der Waals surface area contributed by atoms with Gasteiger partial charge in [0.15, 0.2) is 25.0 Å². The zero-order valence-corrected chi connectivity index (χ0v) is 26.2. The summed E-state index contributed by atoms with van der Waals surface area (Å²) in [7, 11) is -9.96. The lowest BCUT2D eigenvalue weighted by molar-refractivity contribution is 0.266. The smallest absolute Gasteiger partial charge is 0.412 e. The zero-order valence-electron chi connectivity index (χ0n) is 22.2. The van der Waals surface area contributed by atoms with Gasteiger partial charge in [-0.05, 0) is 39.3 Å². The molecule has 0 amide bonds. The molecule has 34 heavy (non-hydrogen) atoms. The summed E-state index contributed by atoms with van der Waals surface area (Å²) >= 11 is 0. The van der Waals surface area contributed by atoms with Crippen molar-refractivity contribution in [3.05, 3.63) is 30.3 Å². The van der Waals surface area contributed by atoms with E-state index in [-0.39, 0.29) is 0 Å². The van der Waals surface area contributed by atoms with Crippen molar-refractivity contribution in [2.45, 2.75) is 39.3 Å². The van der Waals surface area contributed by atoms with Crippen molar-refractivity contribution in [1.82, 2.24) is 16.0 Å². The average Bonchev–Trinajstić information content (AvgIpc) is 2.73. The van der Waals surface area contributed by atoms with Gasteiger partial charge in [0.25, 0.3) is 0 Å². The summed E-state index contributed by atoms with van der Waals surface area (Å²) in [5.74, 6) is 0. The Hall–Kier alpha value is -0.272. The van der Waals surface area contributed by atoms with E-state index in [1.807, 2.05) is 18.2 Å². The minimum atomic E-state index is -3.29. The van der Waals surface area contributed by atoms with E-state index in [1.54, 1.807) is 0 Å². The molecule has 0 aliphatic rings. The molecule has 1 rings (SSSR count). The largest absolute Gasteiger partial charge is 0.505 e. The fraction of sp³-hybridized carbons (Fsp3) is 0.714. The predicted molar refractivity (Wildman–Crippen MR) is 153 cm³/mol. The van der Waals surface area contributed by atoms with E-state index in [9.17, 15) is 0 Å². The van der Waals surface area contributed by atoms with Crippen molar-refractivity contribution >= 4 is 38.9 Å². The molecule has 1 aromatic carbocycles. The monoisotopic (exact) mass is 546 g/mol. The lowest BCUT2D eigenvalue weighted by Gasteiger charge is -2.45. The van der Waals surface area contributed by atoms with Gasteiger partial charge in [0.05, 0.1) is 0 Å². The Morgan fingerprint density at radius 3 is 1.21 bits per heavy atom. The molecule has 0 aliphatic carbocycles. The maximum absolute atomic E-state index is 7.14. The molecule has 0 fully saturated rings. The molecule has 0 heterocycles. The molecule has 0 bridgehead atoms. The number of rotatable bonds is 19. The van der Waals surface area contributed by atoms with Crippen LogP contribution in [0, 0.1) is 0 Å². The number of benzene rings is 1. The Labute approximate surface area is 211 Å². The second-order valence-corrected chi connectivity index (χ2v) is 26.2. The van der Waals surface area contributed by atoms with Gasteiger partial charge in [-0.1, -0.05) is 30.3 Å². The van der Waals surface area contributed by atoms with Crippen LogP contribution in [0.2, 0.25) is 39.3 Å². The summed E-state index contributed by atoms with van der Waals surface area (Å²) in [5, 5.41) is 11.4. The van der Waals surface area contributed by atoms with Gasteiger partial charge in [0.2, 0.25) is 0 Å². The molecular weight excluding hydrogens is 497 g/mol. The van der Waals surface area contributed by atoms with E-state index in [0.717, 1.165) is 43.3 Å². The first kappa shape index (κ1) is 31.8. The minimum Gasteiger partial charge on any atom is -0.412 e. The third-order valence-electron chi connectivity index (χ3n) is 4.97. The van der Waals surface area contributed by atoms with Gasteiger partial charge in [-0.3, -0.25) is 0 Å². The first-order chi connectivity index (χ1) is 15.9. The minimum absolute atomic E-state index is 0.595. The Morgan fingerprint density at radius 2 is 0.912 bits per heavy atom. The van der Waals surface area contributed by atoms with Gasteiger partial charge in [-0.25, -0.2) is 0 Å². The van der Waals surface area contributed by atoms with Crippen LogP contribution in [0.3, 0.4) is 0 Å². The van der Waals surface area contributed by atoms with Crippen molar-refractivity contribution in [3.8, 4) is 0 Å². The second kappa shape index (κ2) is 15.1. The third-order valence-corrected chi connectivity index (χ3v) is 19.2. The first-order valence-corrected chi connectivity index (χ1v) is 23.4. The van der Waals surface area contributed by atoms with Crippen LogP contribution in [0.15, 0.2) is 30.3 Å². The maximum atomic E-state index is 7.14. The lowest BCUT2D eigenvalue weighted by Crippen LogP contribution is -2.71. The van der Waals surface area contributed by atoms with Crippen LogP contribution in [0.25, 0.3) is 0 Å². The lowest BCUT2D eigenvalue weighted by atomic mass is 10.4. The van der Waals surface area contributed by atoms with Crippen LogP contribution in [0.4, 0.5) is 0 Å². The van der Waals surface area contributed by atoms with Crippen LogP contribution >= 0.6 is 0 Å². The van der Waals surface area contributed by atoms with Gasteiger partial charge < -0.3 is 45.5 Å². The molecule has 13 heteroatoms. The molecule has 9 N–H and O–H groups in total. The molecule has 0 aromatic heterocycles. The molecule has 198 valence electrons. The van der Waals surface area contributed by atoms with E-state index in [4.69, 9.17) is 29.5 Å². The molecule has 1 aromatic rings. The summed E-state index contributed by atoms with van der Waals surface area (Å²) in [6, 6.07) is 10.3. The van der Waals surface area contributed by atoms with Crippen molar-refractivity contribution in [3.63, 3.8) is 0 Å². The zero-order chi connectivity index (χ0) is 25.7. The Balaban J connectivity index is 3.41. The fourth-order valence-corrected chi connectivity index (χ4v) is 19.1. The van der Waals surface area contributed by atoms with Crippen LogP contribution < -0.4 is 38.3 Å². The Bertz CT molecular complexity index is 626. The topological polar surface area (TPSA) is 142 Å². The summed E-state index contributed by atoms with van der Waals surface area (Å²) in [5.41, 5.74) is 17.1. The van der Waals surface area contributed by atoms with Crippen molar-refractivity contribution < 1.29 is 12.3 Å². The molecule has 0 saturated carbocycles. The molecule has 0 radical (unpaired) electrons. The number of hydrogen-bond donors (Lipinski definition) is 6. The highest BCUT2D eigenvalue weighted by atomic mass is 28.5. The van der Waals surface area contributed by atoms with Crippen molar-refractivity contribution in [1.29, 1.82) is 0 Å². The van der Waals surface area contributed by atoms with Gasteiger partial charge in [0.1, 0.15) is 0 Å². The summed E-state index contributed by atoms with van der Waals surface area (Å²) in [6.07, 6.45) is 2.33. The van der Waals surface area contributed by atoms with Crippen LogP contribution in [0.5, 0.6) is 0 Å². The maximum Gasteiger partial charge on any atom is 0.505 e. The highest BCUT2D eigenvalue weighted by molar-refractivity contribution is 6.96. The fourth-order valence-electron chi connectivity index (χ4n) is 3.56. The van der Waals surface area contributed by atoms with E-state index in [2.05, 4.69) is 67.4 Å². The quantitative estimate of drug-likeness (QED) is 0.102. The SMILES string of the molecule is C[Si](C)(CNCCN)O[Si](O[Si](C)(C)CNCCN)(O[Si](C)(C)CNCCN)c1ccccc1. The van der Waals surface area contributed by atoms with Gasteiger partial charge in [-0.15, -0.1) is 0 Å². The predicted octanol–water partition coefficient (Wildman–Crippen LogP) is -0.240. The Morgan fingerprint density at radius 1 is 0.588 bits per heavy atom. The molecule has 0 atom stereocenters. The van der Waals surface area contributed by atoms with E-state index in [1.165, 1.54) is 0 Å². The summed E-state index contributed by atoms with van der Waals surface area (Å²) in [4.78, 5) is 0. The van der Waals surface area contributed by atoms with Gasteiger partial charge in [-0.2, -0.15) is 0 Å². The highest BCUT2D eigenvalue weighted by Crippen LogP contribution is 2.25. The molecule has 0 unspecified atom stereocenters. The molecule has 0 aliphatic heterocycles. The number of nitrogens with one attached hydrogen (secondary N) is 3. The van der Waals surface area contributed by atoms with E-state index >= 15 is 0 Å². The molecular formula is C21H50N6O3Si4. The number of nitrogens with two attached hydrogens (primary N) is 3. The first-order valence-electron chi connectivity index (χ1n) is 12.3. The van der Waals surface area contributed by atoms with Crippen molar-refractivity contribution in [2.24, 2.45) is 17.2 Å². The van der Waals surface area contributed by atoms with Crippen LogP contribution in [-0.2, 0) is 12.3 Å². The summed E-state index contributed by atoms with van der Waals surface area (Å²) < 4.78 is 21.4. The van der Waals surface area contributed by atoms with Crippen molar-refractivity contribution in [2.75, 3.05) is 57.8 Å². The van der Waals surface area contributed by atoms with E-state index < -0.39 is 33.8 Å². The third kappa shape index (κ3) is 12.1. The molecule has 9 nitrogen and oxygen atoms in total. The number of hydrogen-bond acceptors (Lipinski definition) is 9. The molecule has 0 saturated heterocycles. The summed E-state index contributed by atoms with van der Waals surface area (Å²) in [6.45, 7) is 17.4. The van der Waals surface area contributed by atoms with Crippen LogP contribution in [0.1, 0.15) is 0 Å². The van der Waals surface area contributed by atoms with E-state index in [0.29, 0.717) is 19.6 Å². The van der Waals surface area contributed by atoms with Gasteiger partial charge >= 0.3 is 8.80 Å². The average molecular weight is 547 g/mol. The standard InChI is InChI=1S/C21H50N6O3Si4/c1-31(2,18-25-15-12-22)28-34(21-10-8-7-9-11-21,29-32(3,4)19-26-16-13-23)30-33(5,6)20-27-17-14-24/h7-11,25-27H,12-20,22-24H2,1-6H3.